The van der Waals surface area contributed by atoms with Gasteiger partial charge in [0, 0.05) is 5.56 Å². The van der Waals surface area contributed by atoms with E-state index in [0.717, 1.165) is 17.5 Å². The van der Waals surface area contributed by atoms with Crippen molar-refractivity contribution >= 4 is 6.09 Å². The largest absolute Gasteiger partial charge is 0.413 e. The summed E-state index contributed by atoms with van der Waals surface area (Å²) in [5.74, 6) is 1.35. The number of fused-ring (bicyclic) bond motifs is 1. The third-order valence-corrected chi connectivity index (χ3v) is 4.42. The highest BCUT2D eigenvalue weighted by Crippen LogP contribution is 2.47. The molecule has 0 radical (unpaired) electrons. The molecule has 1 aliphatic carbocycles. The van der Waals surface area contributed by atoms with Gasteiger partial charge in [-0.15, -0.1) is 0 Å². The summed E-state index contributed by atoms with van der Waals surface area (Å²) in [6, 6.07) is 18.1. The molecule has 1 fully saturated rings. The maximum absolute atomic E-state index is 12.1. The second-order valence-corrected chi connectivity index (χ2v) is 5.93. The molecule has 1 saturated carbocycles. The molecule has 2 aromatic carbocycles. The second kappa shape index (κ2) is 4.62. The minimum atomic E-state index is -0.464. The number of rotatable bonds is 3. The van der Waals surface area contributed by atoms with Gasteiger partial charge in [-0.25, -0.2) is 4.79 Å². The first-order valence-electron chi connectivity index (χ1n) is 7.43. The fourth-order valence-corrected chi connectivity index (χ4v) is 3.26. The Balaban J connectivity index is 1.92. The number of amides is 1. The molecule has 2 aromatic rings. The Morgan fingerprint density at radius 3 is 2.52 bits per heavy atom. The lowest BCUT2D eigenvalue weighted by Crippen LogP contribution is -2.51. The van der Waals surface area contributed by atoms with E-state index in [9.17, 15) is 4.79 Å². The standard InChI is InChI=1S/C18H17NO2/c20-17-19-18(12-13-10-11-13,14-6-2-1-3-7-14)15-8-4-5-9-16(15)21-17/h1-9,13H,10-12H2,(H,19,20). The van der Waals surface area contributed by atoms with Gasteiger partial charge in [-0.2, -0.15) is 0 Å². The number of carbonyl (C=O) groups excluding carboxylic acids is 1. The highest BCUT2D eigenvalue weighted by atomic mass is 16.6. The first-order chi connectivity index (χ1) is 10.3. The number of carbonyl (C=O) groups is 1. The van der Waals surface area contributed by atoms with Crippen LogP contribution in [-0.2, 0) is 5.54 Å². The predicted octanol–water partition coefficient (Wildman–Crippen LogP) is 3.83. The van der Waals surface area contributed by atoms with E-state index >= 15 is 0 Å². The van der Waals surface area contributed by atoms with E-state index in [0.29, 0.717) is 11.7 Å². The summed E-state index contributed by atoms with van der Waals surface area (Å²) >= 11 is 0. The molecular weight excluding hydrogens is 262 g/mol. The van der Waals surface area contributed by atoms with E-state index in [1.165, 1.54) is 12.8 Å². The van der Waals surface area contributed by atoms with Crippen molar-refractivity contribution in [3.05, 3.63) is 65.7 Å². The van der Waals surface area contributed by atoms with Crippen molar-refractivity contribution in [1.29, 1.82) is 0 Å². The summed E-state index contributed by atoms with van der Waals surface area (Å²) in [5, 5.41) is 3.11. The molecule has 1 unspecified atom stereocenters. The number of para-hydroxylation sites is 1. The fraction of sp³-hybridized carbons (Fsp3) is 0.278. The SMILES string of the molecule is O=C1NC(CC2CC2)(c2ccccc2)c2ccccc2O1. The van der Waals surface area contributed by atoms with Crippen molar-refractivity contribution in [3.8, 4) is 5.75 Å². The van der Waals surface area contributed by atoms with Crippen LogP contribution in [0.15, 0.2) is 54.6 Å². The molecule has 1 atom stereocenters. The molecule has 4 rings (SSSR count). The van der Waals surface area contributed by atoms with Crippen molar-refractivity contribution < 1.29 is 9.53 Å². The predicted molar refractivity (Wildman–Crippen MR) is 80.2 cm³/mol. The van der Waals surface area contributed by atoms with Crippen LogP contribution in [-0.4, -0.2) is 6.09 Å². The van der Waals surface area contributed by atoms with Crippen LogP contribution in [0.1, 0.15) is 30.4 Å². The molecule has 3 nitrogen and oxygen atoms in total. The summed E-state index contributed by atoms with van der Waals surface area (Å²) < 4.78 is 5.36. The smallest absolute Gasteiger partial charge is 0.410 e. The number of ether oxygens (including phenoxy) is 1. The first-order valence-corrected chi connectivity index (χ1v) is 7.43. The number of nitrogens with one attached hydrogen (secondary N) is 1. The Morgan fingerprint density at radius 2 is 1.76 bits per heavy atom. The molecule has 1 heterocycles. The van der Waals surface area contributed by atoms with Crippen LogP contribution in [0.5, 0.6) is 5.75 Å². The molecule has 21 heavy (non-hydrogen) atoms. The van der Waals surface area contributed by atoms with Crippen LogP contribution in [0.25, 0.3) is 0 Å². The molecule has 106 valence electrons. The van der Waals surface area contributed by atoms with Gasteiger partial charge in [0.2, 0.25) is 0 Å². The van der Waals surface area contributed by atoms with Gasteiger partial charge in [0.05, 0.1) is 5.54 Å². The summed E-state index contributed by atoms with van der Waals surface area (Å²) in [4.78, 5) is 12.1. The van der Waals surface area contributed by atoms with E-state index in [-0.39, 0.29) is 6.09 Å². The Morgan fingerprint density at radius 1 is 1.05 bits per heavy atom. The van der Waals surface area contributed by atoms with Gasteiger partial charge in [-0.3, -0.25) is 0 Å². The van der Waals surface area contributed by atoms with Crippen LogP contribution >= 0.6 is 0 Å². The van der Waals surface area contributed by atoms with Crippen molar-refractivity contribution in [2.75, 3.05) is 0 Å². The van der Waals surface area contributed by atoms with E-state index in [1.807, 2.05) is 36.4 Å². The molecule has 1 amide bonds. The average molecular weight is 279 g/mol. The van der Waals surface area contributed by atoms with E-state index < -0.39 is 5.54 Å². The summed E-state index contributed by atoms with van der Waals surface area (Å²) in [6.45, 7) is 0. The average Bonchev–Trinajstić information content (AvgIpc) is 3.32. The van der Waals surface area contributed by atoms with Gasteiger partial charge in [-0.05, 0) is 24.0 Å². The van der Waals surface area contributed by atoms with Gasteiger partial charge in [0.15, 0.2) is 0 Å². The molecule has 0 bridgehead atoms. The molecule has 3 heteroatoms. The van der Waals surface area contributed by atoms with Crippen LogP contribution in [0.4, 0.5) is 4.79 Å². The highest BCUT2D eigenvalue weighted by molar-refractivity contribution is 5.76. The lowest BCUT2D eigenvalue weighted by Gasteiger charge is -2.39. The second-order valence-electron chi connectivity index (χ2n) is 5.93. The van der Waals surface area contributed by atoms with Gasteiger partial charge in [-0.1, -0.05) is 61.4 Å². The van der Waals surface area contributed by atoms with Crippen LogP contribution < -0.4 is 10.1 Å². The summed E-state index contributed by atoms with van der Waals surface area (Å²) in [5.41, 5.74) is 1.72. The molecule has 2 aliphatic rings. The van der Waals surface area contributed by atoms with Gasteiger partial charge in [0.25, 0.3) is 0 Å². The quantitative estimate of drug-likeness (QED) is 0.927. The topological polar surface area (TPSA) is 38.3 Å². The highest BCUT2D eigenvalue weighted by Gasteiger charge is 2.45. The summed E-state index contributed by atoms with van der Waals surface area (Å²) in [7, 11) is 0. The van der Waals surface area contributed by atoms with Crippen molar-refractivity contribution in [3.63, 3.8) is 0 Å². The zero-order valence-corrected chi connectivity index (χ0v) is 11.7. The molecule has 0 aromatic heterocycles. The van der Waals surface area contributed by atoms with Gasteiger partial charge in [0.1, 0.15) is 5.75 Å². The van der Waals surface area contributed by atoms with E-state index in [1.54, 1.807) is 0 Å². The van der Waals surface area contributed by atoms with E-state index in [2.05, 4.69) is 23.5 Å². The van der Waals surface area contributed by atoms with Crippen molar-refractivity contribution in [2.24, 2.45) is 5.92 Å². The van der Waals surface area contributed by atoms with Crippen molar-refractivity contribution in [1.82, 2.24) is 5.32 Å². The zero-order chi connectivity index (χ0) is 14.3. The number of benzene rings is 2. The lowest BCUT2D eigenvalue weighted by molar-refractivity contribution is 0.173. The Labute approximate surface area is 123 Å². The van der Waals surface area contributed by atoms with E-state index in [4.69, 9.17) is 4.74 Å². The molecule has 0 spiro atoms. The Bertz CT molecular complexity index is 679. The fourth-order valence-electron chi connectivity index (χ4n) is 3.26. The van der Waals surface area contributed by atoms with Crippen LogP contribution in [0.2, 0.25) is 0 Å². The monoisotopic (exact) mass is 279 g/mol. The molecule has 1 aliphatic heterocycles. The van der Waals surface area contributed by atoms with Crippen molar-refractivity contribution in [2.45, 2.75) is 24.8 Å². The number of hydrogen-bond donors (Lipinski definition) is 1. The zero-order valence-electron chi connectivity index (χ0n) is 11.7. The molecule has 0 saturated heterocycles. The Kier molecular flexibility index (Phi) is 2.74. The molecular formula is C18H17NO2. The third-order valence-electron chi connectivity index (χ3n) is 4.42. The van der Waals surface area contributed by atoms with Gasteiger partial charge >= 0.3 is 6.09 Å². The molecule has 1 N–H and O–H groups in total. The summed E-state index contributed by atoms with van der Waals surface area (Å²) in [6.07, 6.45) is 3.06. The lowest BCUT2D eigenvalue weighted by atomic mass is 9.77. The normalized spacial score (nSPS) is 23.9. The van der Waals surface area contributed by atoms with Crippen LogP contribution in [0.3, 0.4) is 0 Å². The van der Waals surface area contributed by atoms with Gasteiger partial charge < -0.3 is 10.1 Å². The maximum Gasteiger partial charge on any atom is 0.413 e. The maximum atomic E-state index is 12.1. The number of hydrogen-bond acceptors (Lipinski definition) is 2. The Hall–Kier alpha value is -2.29. The first kappa shape index (κ1) is 12.5. The van der Waals surface area contributed by atoms with Crippen LogP contribution in [0, 0.1) is 5.92 Å². The minimum absolute atomic E-state index is 0.363. The minimum Gasteiger partial charge on any atom is -0.410 e. The third kappa shape index (κ3) is 2.09.